The number of fused-ring (bicyclic) bond motifs is 1. The van der Waals surface area contributed by atoms with Crippen LogP contribution in [0.2, 0.25) is 0 Å². The molecule has 0 spiro atoms. The SMILES string of the molecule is O=C(O)[C@H]1CCCC[C@H]1C(=O)N1CCc2c(Br)ccc(O)c2[C@H]1CN1CCCC1=O. The van der Waals surface area contributed by atoms with Gasteiger partial charge in [0.1, 0.15) is 5.75 Å². The van der Waals surface area contributed by atoms with Crippen molar-refractivity contribution in [3.05, 3.63) is 27.7 Å². The van der Waals surface area contributed by atoms with Crippen LogP contribution in [0.1, 0.15) is 55.7 Å². The van der Waals surface area contributed by atoms with E-state index in [1.54, 1.807) is 21.9 Å². The first-order valence-electron chi connectivity index (χ1n) is 10.7. The van der Waals surface area contributed by atoms with Gasteiger partial charge in [-0.15, -0.1) is 0 Å². The molecule has 1 saturated heterocycles. The van der Waals surface area contributed by atoms with E-state index < -0.39 is 23.8 Å². The summed E-state index contributed by atoms with van der Waals surface area (Å²) in [6, 6.07) is 2.93. The molecule has 0 radical (unpaired) electrons. The number of phenolic OH excluding ortho intramolecular Hbond substituents is 1. The van der Waals surface area contributed by atoms with Gasteiger partial charge < -0.3 is 20.0 Å². The Kier molecular flexibility index (Phi) is 6.04. The van der Waals surface area contributed by atoms with Crippen LogP contribution in [0.3, 0.4) is 0 Å². The number of amides is 2. The fourth-order valence-electron chi connectivity index (χ4n) is 5.29. The van der Waals surface area contributed by atoms with Crippen molar-refractivity contribution < 1.29 is 24.6 Å². The summed E-state index contributed by atoms with van der Waals surface area (Å²) in [6.07, 6.45) is 4.62. The van der Waals surface area contributed by atoms with Gasteiger partial charge >= 0.3 is 5.97 Å². The van der Waals surface area contributed by atoms with Crippen LogP contribution in [-0.2, 0) is 20.8 Å². The lowest BCUT2D eigenvalue weighted by Gasteiger charge is -2.42. The number of hydrogen-bond acceptors (Lipinski definition) is 4. The molecule has 2 aliphatic heterocycles. The fraction of sp³-hybridized carbons (Fsp3) is 0.591. The van der Waals surface area contributed by atoms with E-state index in [0.717, 1.165) is 29.3 Å². The average molecular weight is 479 g/mol. The van der Waals surface area contributed by atoms with Gasteiger partial charge in [-0.1, -0.05) is 28.8 Å². The molecule has 0 unspecified atom stereocenters. The maximum atomic E-state index is 13.6. The molecule has 2 fully saturated rings. The molecule has 7 nitrogen and oxygen atoms in total. The van der Waals surface area contributed by atoms with Crippen molar-refractivity contribution in [3.8, 4) is 5.75 Å². The number of carboxylic acid groups (broad SMARTS) is 1. The predicted octanol–water partition coefficient (Wildman–Crippen LogP) is 3.09. The number of benzene rings is 1. The van der Waals surface area contributed by atoms with E-state index >= 15 is 0 Å². The van der Waals surface area contributed by atoms with Crippen LogP contribution in [0.25, 0.3) is 0 Å². The Hall–Kier alpha value is -2.09. The van der Waals surface area contributed by atoms with E-state index in [2.05, 4.69) is 15.9 Å². The van der Waals surface area contributed by atoms with Crippen LogP contribution in [-0.4, -0.2) is 57.4 Å². The van der Waals surface area contributed by atoms with Crippen LogP contribution in [0.5, 0.6) is 5.75 Å². The molecule has 0 bridgehead atoms. The summed E-state index contributed by atoms with van der Waals surface area (Å²) in [4.78, 5) is 41.2. The summed E-state index contributed by atoms with van der Waals surface area (Å²) in [5, 5.41) is 20.3. The molecule has 162 valence electrons. The van der Waals surface area contributed by atoms with Gasteiger partial charge in [0.25, 0.3) is 0 Å². The molecule has 3 atom stereocenters. The second kappa shape index (κ2) is 8.57. The first-order chi connectivity index (χ1) is 14.4. The van der Waals surface area contributed by atoms with Crippen molar-refractivity contribution in [1.82, 2.24) is 9.80 Å². The van der Waals surface area contributed by atoms with E-state index in [4.69, 9.17) is 0 Å². The Morgan fingerprint density at radius 2 is 1.80 bits per heavy atom. The normalized spacial score (nSPS) is 26.6. The molecule has 4 rings (SSSR count). The summed E-state index contributed by atoms with van der Waals surface area (Å²) >= 11 is 3.56. The van der Waals surface area contributed by atoms with Gasteiger partial charge in [-0.25, -0.2) is 0 Å². The standard InChI is InChI=1S/C22H27BrN2O5/c23-16-7-8-18(26)20-15(16)9-11-25(17(20)12-24-10-3-6-19(24)27)21(28)13-4-1-2-5-14(13)22(29)30/h7-8,13-14,17,26H,1-6,9-12H2,(H,29,30)/t13-,14+,17-/m1/s1. The summed E-state index contributed by atoms with van der Waals surface area (Å²) in [7, 11) is 0. The summed E-state index contributed by atoms with van der Waals surface area (Å²) < 4.78 is 0.876. The number of carboxylic acids is 1. The third-order valence-electron chi connectivity index (χ3n) is 6.84. The van der Waals surface area contributed by atoms with Crippen molar-refractivity contribution in [2.75, 3.05) is 19.6 Å². The number of rotatable bonds is 4. The van der Waals surface area contributed by atoms with Crippen molar-refractivity contribution in [2.45, 2.75) is 51.0 Å². The Labute approximate surface area is 184 Å². The van der Waals surface area contributed by atoms with Crippen LogP contribution in [0.15, 0.2) is 16.6 Å². The molecule has 3 aliphatic rings. The molecule has 2 heterocycles. The van der Waals surface area contributed by atoms with Gasteiger partial charge in [0, 0.05) is 36.1 Å². The predicted molar refractivity (Wildman–Crippen MR) is 113 cm³/mol. The van der Waals surface area contributed by atoms with Crippen molar-refractivity contribution in [3.63, 3.8) is 0 Å². The summed E-state index contributed by atoms with van der Waals surface area (Å²) in [6.45, 7) is 1.41. The van der Waals surface area contributed by atoms with Gasteiger partial charge in [-0.05, 0) is 43.4 Å². The van der Waals surface area contributed by atoms with Crippen LogP contribution in [0, 0.1) is 11.8 Å². The zero-order chi connectivity index (χ0) is 21.4. The van der Waals surface area contributed by atoms with Crippen molar-refractivity contribution in [1.29, 1.82) is 0 Å². The van der Waals surface area contributed by atoms with E-state index in [0.29, 0.717) is 50.9 Å². The lowest BCUT2D eigenvalue weighted by Crippen LogP contribution is -2.50. The third kappa shape index (κ3) is 3.82. The number of phenols is 1. The minimum atomic E-state index is -0.915. The highest BCUT2D eigenvalue weighted by Gasteiger charge is 2.43. The number of aromatic hydroxyl groups is 1. The van der Waals surface area contributed by atoms with E-state index in [9.17, 15) is 24.6 Å². The second-order valence-corrected chi connectivity index (χ2v) is 9.39. The Morgan fingerprint density at radius 1 is 1.07 bits per heavy atom. The molecule has 2 amide bonds. The van der Waals surface area contributed by atoms with Crippen LogP contribution in [0.4, 0.5) is 0 Å². The second-order valence-electron chi connectivity index (χ2n) is 8.54. The van der Waals surface area contributed by atoms with Crippen LogP contribution < -0.4 is 0 Å². The minimum Gasteiger partial charge on any atom is -0.508 e. The summed E-state index contributed by atoms with van der Waals surface area (Å²) in [5.41, 5.74) is 1.63. The largest absolute Gasteiger partial charge is 0.508 e. The number of likely N-dealkylation sites (tertiary alicyclic amines) is 1. The topological polar surface area (TPSA) is 98.2 Å². The van der Waals surface area contributed by atoms with Crippen molar-refractivity contribution >= 4 is 33.7 Å². The van der Waals surface area contributed by atoms with Crippen LogP contribution >= 0.6 is 15.9 Å². The molecule has 8 heteroatoms. The zero-order valence-electron chi connectivity index (χ0n) is 16.8. The minimum absolute atomic E-state index is 0.0603. The zero-order valence-corrected chi connectivity index (χ0v) is 18.4. The Morgan fingerprint density at radius 3 is 2.47 bits per heavy atom. The Bertz CT molecular complexity index is 873. The van der Waals surface area contributed by atoms with E-state index in [-0.39, 0.29) is 17.6 Å². The molecule has 1 aromatic rings. The monoisotopic (exact) mass is 478 g/mol. The smallest absolute Gasteiger partial charge is 0.307 e. The number of carbonyl (C=O) groups excluding carboxylic acids is 2. The number of carbonyl (C=O) groups is 3. The lowest BCUT2D eigenvalue weighted by molar-refractivity contribution is -0.154. The fourth-order valence-corrected chi connectivity index (χ4v) is 5.83. The maximum absolute atomic E-state index is 13.6. The molecular weight excluding hydrogens is 452 g/mol. The maximum Gasteiger partial charge on any atom is 0.307 e. The number of nitrogens with zero attached hydrogens (tertiary/aromatic N) is 2. The van der Waals surface area contributed by atoms with Gasteiger partial charge in [0.05, 0.1) is 17.9 Å². The van der Waals surface area contributed by atoms with E-state index in [1.807, 2.05) is 0 Å². The molecule has 0 aromatic heterocycles. The number of hydrogen-bond donors (Lipinski definition) is 2. The van der Waals surface area contributed by atoms with Gasteiger partial charge in [-0.2, -0.15) is 0 Å². The average Bonchev–Trinajstić information content (AvgIpc) is 3.14. The van der Waals surface area contributed by atoms with E-state index in [1.165, 1.54) is 0 Å². The van der Waals surface area contributed by atoms with Gasteiger partial charge in [0.15, 0.2) is 0 Å². The molecular formula is C22H27BrN2O5. The number of halogens is 1. The highest BCUT2D eigenvalue weighted by Crippen LogP contribution is 2.42. The number of aliphatic carboxylic acids is 1. The van der Waals surface area contributed by atoms with Crippen molar-refractivity contribution in [2.24, 2.45) is 11.8 Å². The Balaban J connectivity index is 1.70. The first kappa shape index (κ1) is 21.2. The molecule has 1 aliphatic carbocycles. The van der Waals surface area contributed by atoms with Gasteiger partial charge in [-0.3, -0.25) is 14.4 Å². The molecule has 1 aromatic carbocycles. The molecule has 30 heavy (non-hydrogen) atoms. The van der Waals surface area contributed by atoms with Gasteiger partial charge in [0.2, 0.25) is 11.8 Å². The molecule has 2 N–H and O–H groups in total. The first-order valence-corrected chi connectivity index (χ1v) is 11.5. The lowest BCUT2D eigenvalue weighted by atomic mass is 9.77. The summed E-state index contributed by atoms with van der Waals surface area (Å²) in [5.74, 6) is -2.13. The molecule has 1 saturated carbocycles. The highest BCUT2D eigenvalue weighted by atomic mass is 79.9. The highest BCUT2D eigenvalue weighted by molar-refractivity contribution is 9.10. The quantitative estimate of drug-likeness (QED) is 0.692. The third-order valence-corrected chi connectivity index (χ3v) is 7.58.